The van der Waals surface area contributed by atoms with E-state index in [1.165, 1.54) is 12.3 Å². The van der Waals surface area contributed by atoms with Crippen molar-refractivity contribution in [1.29, 1.82) is 0 Å². The molecule has 0 N–H and O–H groups in total. The second-order valence-corrected chi connectivity index (χ2v) is 12.2. The molecule has 0 aliphatic heterocycles. The van der Waals surface area contributed by atoms with E-state index in [4.69, 9.17) is 8.84 Å². The van der Waals surface area contributed by atoms with Crippen molar-refractivity contribution in [3.05, 3.63) is 89.0 Å². The molecule has 140 valence electrons. The summed E-state index contributed by atoms with van der Waals surface area (Å²) in [5, 5.41) is 2.43. The van der Waals surface area contributed by atoms with Crippen molar-refractivity contribution in [1.82, 2.24) is 0 Å². The Bertz CT molecular complexity index is 907. The van der Waals surface area contributed by atoms with E-state index in [1.54, 1.807) is 0 Å². The molecule has 0 bridgehead atoms. The average Bonchev–Trinajstić information content (AvgIpc) is 2.67. The molecule has 2 aromatic carbocycles. The molecule has 0 unspecified atom stereocenters. The van der Waals surface area contributed by atoms with Gasteiger partial charge in [-0.1, -0.05) is 97.4 Å². The van der Waals surface area contributed by atoms with Crippen LogP contribution in [0.5, 0.6) is 5.75 Å². The molecule has 1 heterocycles. The van der Waals surface area contributed by atoms with Crippen LogP contribution in [0.4, 0.5) is 0 Å². The van der Waals surface area contributed by atoms with Crippen LogP contribution in [-0.4, -0.2) is 8.32 Å². The van der Waals surface area contributed by atoms with Crippen LogP contribution < -0.4 is 20.2 Å². The molecule has 0 fully saturated rings. The van der Waals surface area contributed by atoms with E-state index < -0.39 is 8.32 Å². The SMILES string of the molecule is CC(C)(C)[Si](Oc1c(CBr)occc1=O)(c1ccccc1)c1ccccc1. The van der Waals surface area contributed by atoms with E-state index in [0.29, 0.717) is 16.8 Å². The van der Waals surface area contributed by atoms with Crippen LogP contribution >= 0.6 is 15.9 Å². The fraction of sp³-hybridized carbons (Fsp3) is 0.227. The average molecular weight is 443 g/mol. The van der Waals surface area contributed by atoms with Crippen LogP contribution in [-0.2, 0) is 5.33 Å². The van der Waals surface area contributed by atoms with Crippen LogP contribution in [0.1, 0.15) is 26.5 Å². The lowest BCUT2D eigenvalue weighted by Gasteiger charge is -2.42. The zero-order chi connectivity index (χ0) is 19.5. The highest BCUT2D eigenvalue weighted by atomic mass is 79.9. The highest BCUT2D eigenvalue weighted by Gasteiger charge is 2.52. The topological polar surface area (TPSA) is 39.4 Å². The van der Waals surface area contributed by atoms with Crippen LogP contribution in [0.25, 0.3) is 0 Å². The molecule has 3 rings (SSSR count). The van der Waals surface area contributed by atoms with Gasteiger partial charge in [-0.05, 0) is 15.4 Å². The third kappa shape index (κ3) is 3.66. The first kappa shape index (κ1) is 19.6. The van der Waals surface area contributed by atoms with Crippen molar-refractivity contribution in [2.24, 2.45) is 0 Å². The van der Waals surface area contributed by atoms with Gasteiger partial charge in [-0.2, -0.15) is 0 Å². The molecular weight excluding hydrogens is 420 g/mol. The summed E-state index contributed by atoms with van der Waals surface area (Å²) in [7, 11) is -2.85. The summed E-state index contributed by atoms with van der Waals surface area (Å²) >= 11 is 3.42. The van der Waals surface area contributed by atoms with Crippen molar-refractivity contribution >= 4 is 34.6 Å². The number of benzene rings is 2. The Balaban J connectivity index is 2.33. The van der Waals surface area contributed by atoms with Crippen molar-refractivity contribution in [2.45, 2.75) is 31.1 Å². The molecule has 3 aromatic rings. The zero-order valence-corrected chi connectivity index (χ0v) is 18.3. The molecule has 3 nitrogen and oxygen atoms in total. The summed E-state index contributed by atoms with van der Waals surface area (Å²) in [5.41, 5.74) is -0.163. The summed E-state index contributed by atoms with van der Waals surface area (Å²) in [6.07, 6.45) is 1.41. The standard InChI is InChI=1S/C22H23BrO3Si/c1-22(2,3)27(17-10-6-4-7-11-17,18-12-8-5-9-13-18)26-21-19(24)14-15-25-20(21)16-23/h4-15H,16H2,1-3H3. The van der Waals surface area contributed by atoms with E-state index in [0.717, 1.165) is 10.4 Å². The molecule has 27 heavy (non-hydrogen) atoms. The highest BCUT2D eigenvalue weighted by Crippen LogP contribution is 2.37. The Labute approximate surface area is 169 Å². The van der Waals surface area contributed by atoms with Crippen molar-refractivity contribution in [3.63, 3.8) is 0 Å². The van der Waals surface area contributed by atoms with E-state index in [1.807, 2.05) is 36.4 Å². The molecule has 0 saturated heterocycles. The summed E-state index contributed by atoms with van der Waals surface area (Å²) in [6, 6.07) is 21.9. The molecule has 0 radical (unpaired) electrons. The molecule has 0 aliphatic rings. The maximum atomic E-state index is 12.7. The van der Waals surface area contributed by atoms with Gasteiger partial charge in [0.2, 0.25) is 5.43 Å². The monoisotopic (exact) mass is 442 g/mol. The zero-order valence-electron chi connectivity index (χ0n) is 15.7. The summed E-state index contributed by atoms with van der Waals surface area (Å²) in [4.78, 5) is 12.7. The van der Waals surface area contributed by atoms with Gasteiger partial charge >= 0.3 is 8.32 Å². The lowest BCUT2D eigenvalue weighted by atomic mass is 10.2. The van der Waals surface area contributed by atoms with Gasteiger partial charge in [0.15, 0.2) is 11.5 Å². The molecule has 0 atom stereocenters. The molecule has 5 heteroatoms. The number of hydrogen-bond acceptors (Lipinski definition) is 3. The Kier molecular flexibility index (Phi) is 5.72. The van der Waals surface area contributed by atoms with E-state index >= 15 is 0 Å². The lowest BCUT2D eigenvalue weighted by Crippen LogP contribution is -2.69. The van der Waals surface area contributed by atoms with Crippen molar-refractivity contribution < 1.29 is 8.84 Å². The summed E-state index contributed by atoms with van der Waals surface area (Å²) in [5.74, 6) is 0.805. The number of alkyl halides is 1. The highest BCUT2D eigenvalue weighted by molar-refractivity contribution is 9.08. The number of rotatable bonds is 5. The van der Waals surface area contributed by atoms with E-state index in [9.17, 15) is 4.79 Å². The van der Waals surface area contributed by atoms with Gasteiger partial charge in [-0.25, -0.2) is 0 Å². The first-order valence-corrected chi connectivity index (χ1v) is 11.9. The van der Waals surface area contributed by atoms with Gasteiger partial charge < -0.3 is 8.84 Å². The van der Waals surface area contributed by atoms with Crippen molar-refractivity contribution in [3.8, 4) is 5.75 Å². The second-order valence-electron chi connectivity index (χ2n) is 7.44. The molecular formula is C22H23BrO3Si. The predicted molar refractivity (Wildman–Crippen MR) is 116 cm³/mol. The van der Waals surface area contributed by atoms with Crippen LogP contribution in [0.3, 0.4) is 0 Å². The molecule has 1 aromatic heterocycles. The Morgan fingerprint density at radius 1 is 0.926 bits per heavy atom. The van der Waals surface area contributed by atoms with Gasteiger partial charge in [-0.15, -0.1) is 0 Å². The minimum absolute atomic E-state index is 0.163. The Hall–Kier alpha value is -2.11. The second kappa shape index (κ2) is 7.86. The summed E-state index contributed by atoms with van der Waals surface area (Å²) < 4.78 is 12.4. The van der Waals surface area contributed by atoms with Crippen molar-refractivity contribution in [2.75, 3.05) is 0 Å². The first-order chi connectivity index (χ1) is 12.9. The van der Waals surface area contributed by atoms with Gasteiger partial charge in [0, 0.05) is 6.07 Å². The summed E-state index contributed by atoms with van der Waals surface area (Å²) in [6.45, 7) is 6.53. The van der Waals surface area contributed by atoms with Crippen LogP contribution in [0, 0.1) is 0 Å². The quantitative estimate of drug-likeness (QED) is 0.432. The fourth-order valence-corrected chi connectivity index (χ4v) is 8.28. The fourth-order valence-electron chi connectivity index (χ4n) is 3.45. The first-order valence-electron chi connectivity index (χ1n) is 8.87. The largest absolute Gasteiger partial charge is 0.529 e. The van der Waals surface area contributed by atoms with Crippen LogP contribution in [0.2, 0.25) is 5.04 Å². The van der Waals surface area contributed by atoms with Gasteiger partial charge in [0.25, 0.3) is 0 Å². The minimum atomic E-state index is -2.85. The lowest BCUT2D eigenvalue weighted by molar-refractivity contribution is 0.440. The van der Waals surface area contributed by atoms with Gasteiger partial charge in [0.05, 0.1) is 11.6 Å². The number of hydrogen-bond donors (Lipinski definition) is 0. The Morgan fingerprint density at radius 2 is 1.44 bits per heavy atom. The maximum Gasteiger partial charge on any atom is 0.320 e. The van der Waals surface area contributed by atoms with Gasteiger partial charge in [0.1, 0.15) is 0 Å². The molecule has 0 spiro atoms. The van der Waals surface area contributed by atoms with Gasteiger partial charge in [-0.3, -0.25) is 4.79 Å². The molecule has 0 saturated carbocycles. The van der Waals surface area contributed by atoms with Crippen LogP contribution in [0.15, 0.2) is 82.2 Å². The van der Waals surface area contributed by atoms with E-state index in [2.05, 4.69) is 61.0 Å². The van der Waals surface area contributed by atoms with E-state index in [-0.39, 0.29) is 10.5 Å². The molecule has 0 amide bonds. The third-order valence-corrected chi connectivity index (χ3v) is 10.1. The molecule has 0 aliphatic carbocycles. The number of halogens is 1. The predicted octanol–water partition coefficient (Wildman–Crippen LogP) is 4.47. The smallest absolute Gasteiger partial charge is 0.320 e. The maximum absolute atomic E-state index is 12.7. The minimum Gasteiger partial charge on any atom is -0.529 e. The third-order valence-electron chi connectivity index (χ3n) is 4.70. The normalized spacial score (nSPS) is 12.0. The Morgan fingerprint density at radius 3 is 1.89 bits per heavy atom.